The normalized spacial score (nSPS) is 16.5. The average molecular weight is 310 g/mol. The number of hydrogen-bond donors (Lipinski definition) is 3. The highest BCUT2D eigenvalue weighted by Gasteiger charge is 2.34. The molecular weight excluding hydrogens is 287 g/mol. The molecule has 0 aromatic heterocycles. The molecule has 1 aliphatic rings. The maximum atomic E-state index is 12.8. The second-order valence-corrected chi connectivity index (χ2v) is 5.62. The van der Waals surface area contributed by atoms with Crippen LogP contribution in [0.3, 0.4) is 0 Å². The molecule has 3 N–H and O–H groups in total. The molecule has 0 unspecified atom stereocenters. The lowest BCUT2D eigenvalue weighted by Gasteiger charge is -2.29. The van der Waals surface area contributed by atoms with E-state index < -0.39 is 0 Å². The second kappa shape index (κ2) is 8.10. The van der Waals surface area contributed by atoms with Crippen molar-refractivity contribution < 1.29 is 19.0 Å². The van der Waals surface area contributed by atoms with Crippen LogP contribution in [0.25, 0.3) is 0 Å². The average Bonchev–Trinajstić information content (AvgIpc) is 3.00. The molecule has 1 saturated carbocycles. The van der Waals surface area contributed by atoms with Gasteiger partial charge in [-0.2, -0.15) is 0 Å². The molecule has 1 aromatic rings. The third-order valence-electron chi connectivity index (χ3n) is 3.95. The number of hydrogen-bond acceptors (Lipinski definition) is 3. The Morgan fingerprint density at radius 2 is 1.91 bits per heavy atom. The van der Waals surface area contributed by atoms with Crippen LogP contribution in [0.15, 0.2) is 24.3 Å². The highest BCUT2D eigenvalue weighted by Crippen LogP contribution is 2.32. The van der Waals surface area contributed by atoms with Gasteiger partial charge in [0.05, 0.1) is 18.8 Å². The summed E-state index contributed by atoms with van der Waals surface area (Å²) < 4.78 is 18.5. The predicted molar refractivity (Wildman–Crippen MR) is 80.9 cm³/mol. The molecule has 0 atom stereocenters. The van der Waals surface area contributed by atoms with Gasteiger partial charge in [-0.1, -0.05) is 25.0 Å². The molecule has 2 amide bonds. The first-order chi connectivity index (χ1) is 10.6. The summed E-state index contributed by atoms with van der Waals surface area (Å²) in [6.45, 7) is 1.05. The predicted octanol–water partition coefficient (Wildman–Crippen LogP) is 1.95. The maximum absolute atomic E-state index is 12.8. The van der Waals surface area contributed by atoms with Crippen molar-refractivity contribution in [2.24, 2.45) is 0 Å². The summed E-state index contributed by atoms with van der Waals surface area (Å²) in [6.07, 6.45) is 3.94. The number of ether oxygens (including phenoxy) is 1. The summed E-state index contributed by atoms with van der Waals surface area (Å²) in [5.41, 5.74) is 0.485. The number of halogens is 1. The fourth-order valence-corrected chi connectivity index (χ4v) is 2.74. The molecule has 1 aromatic carbocycles. The van der Waals surface area contributed by atoms with E-state index in [4.69, 9.17) is 9.84 Å². The molecule has 0 radical (unpaired) electrons. The Labute approximate surface area is 129 Å². The minimum Gasteiger partial charge on any atom is -0.394 e. The van der Waals surface area contributed by atoms with Gasteiger partial charge < -0.3 is 20.5 Å². The summed E-state index contributed by atoms with van der Waals surface area (Å²) in [5.74, 6) is -0.294. The molecule has 1 fully saturated rings. The van der Waals surface area contributed by atoms with Crippen LogP contribution in [0.5, 0.6) is 0 Å². The lowest BCUT2D eigenvalue weighted by molar-refractivity contribution is -0.0505. The standard InChI is InChI=1S/C16H23FN2O3/c17-14-5-3-13(4-6-14)11-18-15(21)19-12-16(22-10-9-20)7-1-2-8-16/h3-6,20H,1-2,7-12H2,(H2,18,19,21). The zero-order chi connectivity index (χ0) is 15.8. The third kappa shape index (κ3) is 4.96. The molecule has 0 aliphatic heterocycles. The van der Waals surface area contributed by atoms with Crippen LogP contribution in [-0.4, -0.2) is 36.5 Å². The minimum absolute atomic E-state index is 0.0154. The fourth-order valence-electron chi connectivity index (χ4n) is 2.74. The van der Waals surface area contributed by atoms with E-state index in [1.165, 1.54) is 12.1 Å². The van der Waals surface area contributed by atoms with Crippen molar-refractivity contribution >= 4 is 6.03 Å². The van der Waals surface area contributed by atoms with Gasteiger partial charge in [-0.05, 0) is 30.5 Å². The van der Waals surface area contributed by atoms with Gasteiger partial charge in [-0.25, -0.2) is 9.18 Å². The number of amides is 2. The number of aliphatic hydroxyl groups is 1. The highest BCUT2D eigenvalue weighted by molar-refractivity contribution is 5.73. The fraction of sp³-hybridized carbons (Fsp3) is 0.562. The topological polar surface area (TPSA) is 70.6 Å². The Kier molecular flexibility index (Phi) is 6.15. The molecule has 0 saturated heterocycles. The van der Waals surface area contributed by atoms with Crippen LogP contribution in [0, 0.1) is 5.82 Å². The van der Waals surface area contributed by atoms with Crippen molar-refractivity contribution in [2.75, 3.05) is 19.8 Å². The Bertz CT molecular complexity index is 473. The van der Waals surface area contributed by atoms with E-state index >= 15 is 0 Å². The first kappa shape index (κ1) is 16.7. The highest BCUT2D eigenvalue weighted by atomic mass is 19.1. The maximum Gasteiger partial charge on any atom is 0.315 e. The van der Waals surface area contributed by atoms with Gasteiger partial charge in [-0.3, -0.25) is 0 Å². The van der Waals surface area contributed by atoms with E-state index in [1.807, 2.05) is 0 Å². The molecule has 1 aliphatic carbocycles. The number of carbonyl (C=O) groups is 1. The molecule has 0 heterocycles. The van der Waals surface area contributed by atoms with E-state index in [0.29, 0.717) is 19.7 Å². The van der Waals surface area contributed by atoms with Crippen molar-refractivity contribution in [2.45, 2.75) is 37.8 Å². The first-order valence-electron chi connectivity index (χ1n) is 7.64. The summed E-state index contributed by atoms with van der Waals surface area (Å²) in [7, 11) is 0. The first-order valence-corrected chi connectivity index (χ1v) is 7.64. The lowest BCUT2D eigenvalue weighted by Crippen LogP contribution is -2.46. The van der Waals surface area contributed by atoms with Gasteiger partial charge in [-0.15, -0.1) is 0 Å². The summed E-state index contributed by atoms with van der Waals surface area (Å²) in [6, 6.07) is 5.73. The van der Waals surface area contributed by atoms with Gasteiger partial charge in [0.1, 0.15) is 5.82 Å². The number of carbonyl (C=O) groups excluding carboxylic acids is 1. The third-order valence-corrected chi connectivity index (χ3v) is 3.95. The van der Waals surface area contributed by atoms with Crippen LogP contribution in [0.1, 0.15) is 31.2 Å². The van der Waals surface area contributed by atoms with Gasteiger partial charge in [0.25, 0.3) is 0 Å². The summed E-state index contributed by atoms with van der Waals surface area (Å²) in [5, 5.41) is 14.5. The zero-order valence-corrected chi connectivity index (χ0v) is 12.6. The molecular formula is C16H23FN2O3. The van der Waals surface area contributed by atoms with E-state index in [9.17, 15) is 9.18 Å². The van der Waals surface area contributed by atoms with E-state index in [-0.39, 0.29) is 24.1 Å². The number of nitrogens with one attached hydrogen (secondary N) is 2. The van der Waals surface area contributed by atoms with Crippen molar-refractivity contribution in [3.8, 4) is 0 Å². The molecule has 0 spiro atoms. The van der Waals surface area contributed by atoms with Crippen molar-refractivity contribution in [3.63, 3.8) is 0 Å². The minimum atomic E-state index is -0.351. The van der Waals surface area contributed by atoms with Gasteiger partial charge in [0.2, 0.25) is 0 Å². The van der Waals surface area contributed by atoms with E-state index in [2.05, 4.69) is 10.6 Å². The van der Waals surface area contributed by atoms with Gasteiger partial charge in [0, 0.05) is 13.1 Å². The van der Waals surface area contributed by atoms with Crippen molar-refractivity contribution in [1.29, 1.82) is 0 Å². The zero-order valence-electron chi connectivity index (χ0n) is 12.6. The van der Waals surface area contributed by atoms with Crippen LogP contribution >= 0.6 is 0 Å². The summed E-state index contributed by atoms with van der Waals surface area (Å²) >= 11 is 0. The monoisotopic (exact) mass is 310 g/mol. The largest absolute Gasteiger partial charge is 0.394 e. The summed E-state index contributed by atoms with van der Waals surface area (Å²) in [4.78, 5) is 11.9. The number of rotatable bonds is 7. The Morgan fingerprint density at radius 1 is 1.23 bits per heavy atom. The van der Waals surface area contributed by atoms with Crippen LogP contribution in [0.4, 0.5) is 9.18 Å². The molecule has 0 bridgehead atoms. The van der Waals surface area contributed by atoms with Crippen LogP contribution in [0.2, 0.25) is 0 Å². The molecule has 122 valence electrons. The smallest absolute Gasteiger partial charge is 0.315 e. The van der Waals surface area contributed by atoms with Crippen molar-refractivity contribution in [1.82, 2.24) is 10.6 Å². The Hall–Kier alpha value is -1.66. The van der Waals surface area contributed by atoms with E-state index in [1.54, 1.807) is 12.1 Å². The molecule has 2 rings (SSSR count). The number of benzene rings is 1. The number of aliphatic hydroxyl groups excluding tert-OH is 1. The lowest BCUT2D eigenvalue weighted by atomic mass is 10.0. The van der Waals surface area contributed by atoms with E-state index in [0.717, 1.165) is 31.2 Å². The second-order valence-electron chi connectivity index (χ2n) is 5.62. The SMILES string of the molecule is O=C(NCc1ccc(F)cc1)NCC1(OCCO)CCCC1. The Balaban J connectivity index is 1.75. The molecule has 6 heteroatoms. The molecule has 22 heavy (non-hydrogen) atoms. The number of urea groups is 1. The van der Waals surface area contributed by atoms with Crippen molar-refractivity contribution in [3.05, 3.63) is 35.6 Å². The van der Waals surface area contributed by atoms with Gasteiger partial charge >= 0.3 is 6.03 Å². The van der Waals surface area contributed by atoms with Gasteiger partial charge in [0.15, 0.2) is 0 Å². The van der Waals surface area contributed by atoms with Crippen LogP contribution in [-0.2, 0) is 11.3 Å². The molecule has 5 nitrogen and oxygen atoms in total. The Morgan fingerprint density at radius 3 is 2.55 bits per heavy atom. The quantitative estimate of drug-likeness (QED) is 0.721. The van der Waals surface area contributed by atoms with Crippen LogP contribution < -0.4 is 10.6 Å².